The highest BCUT2D eigenvalue weighted by atomic mass is 16.5. The van der Waals surface area contributed by atoms with Gasteiger partial charge in [-0.1, -0.05) is 90.5 Å². The maximum Gasteiger partial charge on any atom is 0.336 e. The number of ether oxygens (including phenoxy) is 1. The molecule has 0 unspecified atom stereocenters. The molecule has 0 radical (unpaired) electrons. The molecule has 0 bridgehead atoms. The molecule has 0 saturated heterocycles. The van der Waals surface area contributed by atoms with Crippen LogP contribution in [0.2, 0.25) is 0 Å². The van der Waals surface area contributed by atoms with Crippen LogP contribution in [0.1, 0.15) is 22.6 Å². The number of nitrogens with one attached hydrogen (secondary N) is 1. The zero-order valence-electron chi connectivity index (χ0n) is 20.1. The van der Waals surface area contributed by atoms with Crippen LogP contribution in [0.25, 0.3) is 17.1 Å². The van der Waals surface area contributed by atoms with Crippen molar-refractivity contribution in [2.75, 3.05) is 12.4 Å². The number of benzene rings is 4. The van der Waals surface area contributed by atoms with Gasteiger partial charge in [0.15, 0.2) is 5.82 Å². The number of nitrogens with zero attached hydrogens (tertiary/aromatic N) is 3. The maximum atomic E-state index is 13.4. The standard InChI is InChI=1S/C30H26N4O2/c1-21-13-15-24(16-14-21)28-32-30(36-2)33-34(28)26-19-17-25(18-20-26)31-29(35)27(22-9-5-3-6-10-22)23-11-7-4-8-12-23/h3-20,27H,1-2H3,(H,31,35). The van der Waals surface area contributed by atoms with Crippen LogP contribution >= 0.6 is 0 Å². The Bertz CT molecular complexity index is 1410. The molecular formula is C30H26N4O2. The van der Waals surface area contributed by atoms with Crippen molar-refractivity contribution in [3.05, 3.63) is 126 Å². The monoisotopic (exact) mass is 474 g/mol. The molecular weight excluding hydrogens is 448 g/mol. The minimum atomic E-state index is -0.417. The third-order valence-corrected chi connectivity index (χ3v) is 5.99. The molecule has 1 amide bonds. The molecule has 0 aliphatic carbocycles. The van der Waals surface area contributed by atoms with Crippen molar-refractivity contribution in [1.29, 1.82) is 0 Å². The summed E-state index contributed by atoms with van der Waals surface area (Å²) in [5, 5.41) is 7.57. The lowest BCUT2D eigenvalue weighted by Crippen LogP contribution is -2.22. The number of hydrogen-bond donors (Lipinski definition) is 1. The molecule has 5 aromatic rings. The zero-order valence-corrected chi connectivity index (χ0v) is 20.1. The summed E-state index contributed by atoms with van der Waals surface area (Å²) in [6.07, 6.45) is 0. The topological polar surface area (TPSA) is 69.0 Å². The molecule has 0 saturated carbocycles. The molecule has 0 atom stereocenters. The molecule has 1 aromatic heterocycles. The van der Waals surface area contributed by atoms with Gasteiger partial charge in [-0.05, 0) is 42.3 Å². The van der Waals surface area contributed by atoms with Crippen molar-refractivity contribution in [2.24, 2.45) is 0 Å². The first-order valence-corrected chi connectivity index (χ1v) is 11.7. The Morgan fingerprint density at radius 3 is 1.94 bits per heavy atom. The summed E-state index contributed by atoms with van der Waals surface area (Å²) in [6.45, 7) is 2.04. The normalized spacial score (nSPS) is 10.9. The first-order valence-electron chi connectivity index (χ1n) is 11.7. The number of carbonyl (C=O) groups excluding carboxylic acids is 1. The highest BCUT2D eigenvalue weighted by Crippen LogP contribution is 2.28. The van der Waals surface area contributed by atoms with Gasteiger partial charge in [-0.2, -0.15) is 4.98 Å². The van der Waals surface area contributed by atoms with Crippen molar-refractivity contribution in [2.45, 2.75) is 12.8 Å². The largest absolute Gasteiger partial charge is 0.466 e. The molecule has 0 aliphatic rings. The van der Waals surface area contributed by atoms with Gasteiger partial charge in [-0.15, -0.1) is 5.10 Å². The summed E-state index contributed by atoms with van der Waals surface area (Å²) in [7, 11) is 1.55. The second-order valence-electron chi connectivity index (χ2n) is 8.49. The number of hydrogen-bond acceptors (Lipinski definition) is 4. The molecule has 6 heteroatoms. The van der Waals surface area contributed by atoms with E-state index in [0.29, 0.717) is 11.5 Å². The molecule has 1 N–H and O–H groups in total. The number of aryl methyl sites for hydroxylation is 1. The number of rotatable bonds is 7. The molecule has 178 valence electrons. The lowest BCUT2D eigenvalue weighted by molar-refractivity contribution is -0.116. The fourth-order valence-corrected chi connectivity index (χ4v) is 4.14. The molecule has 0 spiro atoms. The number of carbonyl (C=O) groups is 1. The molecule has 0 fully saturated rings. The summed E-state index contributed by atoms with van der Waals surface area (Å²) in [6, 6.07) is 35.5. The van der Waals surface area contributed by atoms with Crippen molar-refractivity contribution in [1.82, 2.24) is 14.8 Å². The Hall–Kier alpha value is -4.71. The minimum absolute atomic E-state index is 0.0945. The lowest BCUT2D eigenvalue weighted by atomic mass is 9.90. The van der Waals surface area contributed by atoms with Crippen LogP contribution in [-0.2, 0) is 4.79 Å². The highest BCUT2D eigenvalue weighted by Gasteiger charge is 2.23. The van der Waals surface area contributed by atoms with E-state index in [-0.39, 0.29) is 11.9 Å². The summed E-state index contributed by atoms with van der Waals surface area (Å²) in [5.74, 6) is 0.166. The predicted molar refractivity (Wildman–Crippen MR) is 141 cm³/mol. The Labute approximate surface area is 210 Å². The van der Waals surface area contributed by atoms with Gasteiger partial charge in [-0.3, -0.25) is 4.79 Å². The van der Waals surface area contributed by atoms with Crippen LogP contribution in [0.3, 0.4) is 0 Å². The van der Waals surface area contributed by atoms with Gasteiger partial charge in [0.2, 0.25) is 5.91 Å². The fourth-order valence-electron chi connectivity index (χ4n) is 4.14. The Morgan fingerprint density at radius 1 is 0.806 bits per heavy atom. The lowest BCUT2D eigenvalue weighted by Gasteiger charge is -2.18. The molecule has 36 heavy (non-hydrogen) atoms. The molecule has 4 aromatic carbocycles. The van der Waals surface area contributed by atoms with E-state index in [1.165, 1.54) is 5.56 Å². The zero-order chi connectivity index (χ0) is 24.9. The van der Waals surface area contributed by atoms with Crippen LogP contribution < -0.4 is 10.1 Å². The number of aromatic nitrogens is 3. The summed E-state index contributed by atoms with van der Waals surface area (Å²) < 4.78 is 7.03. The number of anilines is 1. The fraction of sp³-hybridized carbons (Fsp3) is 0.100. The van der Waals surface area contributed by atoms with E-state index in [0.717, 1.165) is 22.4 Å². The van der Waals surface area contributed by atoms with Crippen LogP contribution in [0.5, 0.6) is 6.01 Å². The van der Waals surface area contributed by atoms with Crippen LogP contribution in [0, 0.1) is 6.92 Å². The SMILES string of the molecule is COc1nc(-c2ccc(C)cc2)n(-c2ccc(NC(=O)C(c3ccccc3)c3ccccc3)cc2)n1. The predicted octanol–water partition coefficient (Wildman–Crippen LogP) is 6.02. The van der Waals surface area contributed by atoms with Gasteiger partial charge >= 0.3 is 6.01 Å². The van der Waals surface area contributed by atoms with E-state index in [1.54, 1.807) is 11.8 Å². The molecule has 0 aliphatic heterocycles. The third-order valence-electron chi connectivity index (χ3n) is 5.99. The van der Waals surface area contributed by atoms with Crippen molar-refractivity contribution in [3.63, 3.8) is 0 Å². The first kappa shape index (κ1) is 23.1. The van der Waals surface area contributed by atoms with Gasteiger partial charge in [0.25, 0.3) is 0 Å². The van der Waals surface area contributed by atoms with E-state index >= 15 is 0 Å². The molecule has 6 nitrogen and oxygen atoms in total. The molecule has 5 rings (SSSR count). The Balaban J connectivity index is 1.42. The van der Waals surface area contributed by atoms with Crippen LogP contribution in [0.4, 0.5) is 5.69 Å². The van der Waals surface area contributed by atoms with E-state index < -0.39 is 5.92 Å². The third kappa shape index (κ3) is 4.88. The molecule has 1 heterocycles. The Kier molecular flexibility index (Phi) is 6.58. The van der Waals surface area contributed by atoms with Gasteiger partial charge in [-0.25, -0.2) is 4.68 Å². The van der Waals surface area contributed by atoms with E-state index in [9.17, 15) is 4.79 Å². The van der Waals surface area contributed by atoms with Gasteiger partial charge in [0.05, 0.1) is 18.7 Å². The summed E-state index contributed by atoms with van der Waals surface area (Å²) in [5.41, 5.74) is 5.49. The summed E-state index contributed by atoms with van der Waals surface area (Å²) >= 11 is 0. The quantitative estimate of drug-likeness (QED) is 0.313. The number of methoxy groups -OCH3 is 1. The second kappa shape index (κ2) is 10.3. The van der Waals surface area contributed by atoms with Crippen molar-refractivity contribution < 1.29 is 9.53 Å². The van der Waals surface area contributed by atoms with Crippen LogP contribution in [-0.4, -0.2) is 27.8 Å². The van der Waals surface area contributed by atoms with E-state index in [2.05, 4.69) is 15.4 Å². The van der Waals surface area contributed by atoms with Crippen molar-refractivity contribution >= 4 is 11.6 Å². The Morgan fingerprint density at radius 2 is 1.39 bits per heavy atom. The second-order valence-corrected chi connectivity index (χ2v) is 8.49. The van der Waals surface area contributed by atoms with Gasteiger partial charge in [0.1, 0.15) is 0 Å². The minimum Gasteiger partial charge on any atom is -0.466 e. The maximum absolute atomic E-state index is 13.4. The number of amides is 1. The average Bonchev–Trinajstić information content (AvgIpc) is 3.35. The highest BCUT2D eigenvalue weighted by molar-refractivity contribution is 5.98. The smallest absolute Gasteiger partial charge is 0.336 e. The van der Waals surface area contributed by atoms with Crippen molar-refractivity contribution in [3.8, 4) is 23.1 Å². The first-order chi connectivity index (χ1) is 17.6. The van der Waals surface area contributed by atoms with E-state index in [4.69, 9.17) is 4.74 Å². The van der Waals surface area contributed by atoms with E-state index in [1.807, 2.05) is 116 Å². The van der Waals surface area contributed by atoms with Gasteiger partial charge in [0, 0.05) is 11.3 Å². The van der Waals surface area contributed by atoms with Crippen LogP contribution in [0.15, 0.2) is 109 Å². The summed E-state index contributed by atoms with van der Waals surface area (Å²) in [4.78, 5) is 17.9. The average molecular weight is 475 g/mol. The van der Waals surface area contributed by atoms with Gasteiger partial charge < -0.3 is 10.1 Å².